The van der Waals surface area contributed by atoms with Crippen molar-refractivity contribution in [2.24, 2.45) is 0 Å². The maximum absolute atomic E-state index is 12.8. The Kier molecular flexibility index (Phi) is 7.18. The number of urea groups is 1. The van der Waals surface area contributed by atoms with Crippen molar-refractivity contribution in [3.63, 3.8) is 0 Å². The van der Waals surface area contributed by atoms with E-state index < -0.39 is 0 Å². The third kappa shape index (κ3) is 5.51. The Morgan fingerprint density at radius 3 is 2.50 bits per heavy atom. The number of carbonyl (C=O) groups is 2. The molecule has 0 bridgehead atoms. The molecule has 1 unspecified atom stereocenters. The van der Waals surface area contributed by atoms with Gasteiger partial charge >= 0.3 is 6.03 Å². The maximum atomic E-state index is 12.8. The van der Waals surface area contributed by atoms with E-state index in [9.17, 15) is 9.59 Å². The first-order valence-corrected chi connectivity index (χ1v) is 13.0. The second kappa shape index (κ2) is 10.7. The lowest BCUT2D eigenvalue weighted by molar-refractivity contribution is -0.122. The van der Waals surface area contributed by atoms with E-state index in [1.54, 1.807) is 6.07 Å². The van der Waals surface area contributed by atoms with Crippen LogP contribution in [0.25, 0.3) is 6.08 Å². The van der Waals surface area contributed by atoms with Gasteiger partial charge in [-0.2, -0.15) is 0 Å². The number of amides is 3. The molecule has 3 aliphatic rings. The van der Waals surface area contributed by atoms with E-state index in [4.69, 9.17) is 0 Å². The quantitative estimate of drug-likeness (QED) is 0.568. The first-order chi connectivity index (χ1) is 17.5. The molecule has 2 aromatic rings. The molecule has 0 spiro atoms. The molecule has 1 aromatic carbocycles. The highest BCUT2D eigenvalue weighted by Gasteiger charge is 2.28. The first-order valence-electron chi connectivity index (χ1n) is 13.0. The van der Waals surface area contributed by atoms with Crippen LogP contribution in [0.3, 0.4) is 0 Å². The van der Waals surface area contributed by atoms with Crippen LogP contribution in [0, 0.1) is 0 Å². The van der Waals surface area contributed by atoms with Crippen LogP contribution in [0.15, 0.2) is 36.7 Å². The summed E-state index contributed by atoms with van der Waals surface area (Å²) in [6.07, 6.45) is 9.98. The van der Waals surface area contributed by atoms with Gasteiger partial charge in [0.1, 0.15) is 18.0 Å². The highest BCUT2D eigenvalue weighted by atomic mass is 16.2. The summed E-state index contributed by atoms with van der Waals surface area (Å²) in [6.45, 7) is 7.82. The van der Waals surface area contributed by atoms with Crippen molar-refractivity contribution in [2.75, 3.05) is 36.8 Å². The van der Waals surface area contributed by atoms with Gasteiger partial charge in [-0.1, -0.05) is 18.2 Å². The van der Waals surface area contributed by atoms with Crippen LogP contribution in [0.1, 0.15) is 56.6 Å². The van der Waals surface area contributed by atoms with Crippen molar-refractivity contribution in [2.45, 2.75) is 57.5 Å². The van der Waals surface area contributed by atoms with Crippen LogP contribution in [0.2, 0.25) is 0 Å². The number of nitrogens with zero attached hydrogens (tertiary/aromatic N) is 4. The van der Waals surface area contributed by atoms with Gasteiger partial charge in [0.05, 0.1) is 5.92 Å². The fourth-order valence-electron chi connectivity index (χ4n) is 5.35. The van der Waals surface area contributed by atoms with Gasteiger partial charge in [0, 0.05) is 36.9 Å². The fraction of sp³-hybridized carbons (Fsp3) is 0.481. The molecule has 2 saturated heterocycles. The van der Waals surface area contributed by atoms with Crippen LogP contribution >= 0.6 is 0 Å². The number of aromatic nitrogens is 2. The largest absolute Gasteiger partial charge is 0.353 e. The molecular formula is C27H35N7O2. The number of likely N-dealkylation sites (tertiary alicyclic amines) is 2. The van der Waals surface area contributed by atoms with Gasteiger partial charge in [0.15, 0.2) is 0 Å². The molecule has 190 valence electrons. The Labute approximate surface area is 212 Å². The molecule has 0 radical (unpaired) electrons. The van der Waals surface area contributed by atoms with Gasteiger partial charge in [0.2, 0.25) is 5.91 Å². The van der Waals surface area contributed by atoms with E-state index in [1.807, 2.05) is 49.1 Å². The molecule has 5 rings (SSSR count). The molecule has 0 saturated carbocycles. The summed E-state index contributed by atoms with van der Waals surface area (Å²) in [5.74, 6) is 0.714. The topological polar surface area (TPSA) is 102 Å². The number of rotatable bonds is 6. The molecule has 9 nitrogen and oxygen atoms in total. The molecule has 3 amide bonds. The monoisotopic (exact) mass is 489 g/mol. The van der Waals surface area contributed by atoms with Gasteiger partial charge in [-0.15, -0.1) is 0 Å². The zero-order valence-electron chi connectivity index (χ0n) is 21.0. The van der Waals surface area contributed by atoms with E-state index in [1.165, 1.54) is 32.3 Å². The van der Waals surface area contributed by atoms with E-state index in [0.29, 0.717) is 17.7 Å². The van der Waals surface area contributed by atoms with Gasteiger partial charge in [-0.05, 0) is 75.9 Å². The van der Waals surface area contributed by atoms with Crippen molar-refractivity contribution < 1.29 is 9.59 Å². The summed E-state index contributed by atoms with van der Waals surface area (Å²) < 4.78 is 0. The maximum Gasteiger partial charge on any atom is 0.323 e. The Bertz CT molecular complexity index is 1130. The van der Waals surface area contributed by atoms with Crippen molar-refractivity contribution in [1.29, 1.82) is 0 Å². The lowest BCUT2D eigenvalue weighted by Crippen LogP contribution is -2.47. The summed E-state index contributed by atoms with van der Waals surface area (Å²) >= 11 is 0. The minimum atomic E-state index is -0.306. The summed E-state index contributed by atoms with van der Waals surface area (Å²) in [4.78, 5) is 38.4. The van der Waals surface area contributed by atoms with Gasteiger partial charge < -0.3 is 20.4 Å². The Morgan fingerprint density at radius 1 is 1.00 bits per heavy atom. The third-order valence-electron chi connectivity index (χ3n) is 7.19. The SMILES string of the molecule is CC(C)NC(=O)C1C=Cc2ccc(Nc3cc(NC(=O)N4CCC(N5CCCC5)CC4)ncn3)cc21. The number of nitrogens with one attached hydrogen (secondary N) is 3. The van der Waals surface area contributed by atoms with E-state index in [0.717, 1.165) is 42.7 Å². The van der Waals surface area contributed by atoms with E-state index >= 15 is 0 Å². The summed E-state index contributed by atoms with van der Waals surface area (Å²) in [5.41, 5.74) is 2.81. The first kappa shape index (κ1) is 24.2. The number of hydrogen-bond acceptors (Lipinski definition) is 6. The third-order valence-corrected chi connectivity index (χ3v) is 7.19. The molecule has 1 aliphatic carbocycles. The zero-order chi connectivity index (χ0) is 25.1. The van der Waals surface area contributed by atoms with E-state index in [2.05, 4.69) is 30.8 Å². The minimum absolute atomic E-state index is 0.00588. The fourth-order valence-corrected chi connectivity index (χ4v) is 5.35. The van der Waals surface area contributed by atoms with E-state index in [-0.39, 0.29) is 23.9 Å². The Balaban J connectivity index is 1.19. The summed E-state index contributed by atoms with van der Waals surface area (Å²) in [6, 6.07) is 8.21. The Morgan fingerprint density at radius 2 is 1.75 bits per heavy atom. The molecule has 3 N–H and O–H groups in total. The number of carbonyl (C=O) groups excluding carboxylic acids is 2. The lowest BCUT2D eigenvalue weighted by atomic mass is 9.99. The van der Waals surface area contributed by atoms with Crippen LogP contribution in [0.5, 0.6) is 0 Å². The highest BCUT2D eigenvalue weighted by Crippen LogP contribution is 2.33. The number of piperidine rings is 1. The lowest BCUT2D eigenvalue weighted by Gasteiger charge is -2.36. The molecule has 1 aromatic heterocycles. The van der Waals surface area contributed by atoms with Gasteiger partial charge in [0.25, 0.3) is 0 Å². The van der Waals surface area contributed by atoms with Crippen molar-refractivity contribution >= 4 is 35.3 Å². The molecule has 2 fully saturated rings. The number of benzene rings is 1. The molecule has 9 heteroatoms. The molecule has 36 heavy (non-hydrogen) atoms. The number of hydrogen-bond donors (Lipinski definition) is 3. The van der Waals surface area contributed by atoms with Crippen LogP contribution in [-0.2, 0) is 4.79 Å². The minimum Gasteiger partial charge on any atom is -0.353 e. The predicted molar refractivity (Wildman–Crippen MR) is 141 cm³/mol. The zero-order valence-corrected chi connectivity index (χ0v) is 21.0. The number of fused-ring (bicyclic) bond motifs is 1. The van der Waals surface area contributed by atoms with Crippen molar-refractivity contribution in [3.05, 3.63) is 47.8 Å². The van der Waals surface area contributed by atoms with Gasteiger partial charge in [-0.3, -0.25) is 10.1 Å². The highest BCUT2D eigenvalue weighted by molar-refractivity contribution is 5.91. The molecule has 1 atom stereocenters. The second-order valence-corrected chi connectivity index (χ2v) is 10.1. The molecule has 2 aliphatic heterocycles. The standard InChI is InChI=1S/C27H35N7O2/c1-18(2)30-26(35)22-8-6-19-5-7-20(15-23(19)22)31-24-16-25(29-17-28-24)32-27(36)34-13-9-21(10-14-34)33-11-3-4-12-33/h5-8,15-18,21-22H,3-4,9-14H2,1-2H3,(H,30,35)(H2,28,29,31,32,36). The smallest absolute Gasteiger partial charge is 0.323 e. The average Bonchev–Trinajstić information content (AvgIpc) is 3.54. The molecular weight excluding hydrogens is 454 g/mol. The predicted octanol–water partition coefficient (Wildman–Crippen LogP) is 3.95. The van der Waals surface area contributed by atoms with Gasteiger partial charge in [-0.25, -0.2) is 14.8 Å². The normalized spacial score (nSPS) is 20.0. The van der Waals surface area contributed by atoms with Crippen molar-refractivity contribution in [3.8, 4) is 0 Å². The van der Waals surface area contributed by atoms with Crippen LogP contribution in [-0.4, -0.2) is 70.0 Å². The van der Waals surface area contributed by atoms with Crippen LogP contribution in [0.4, 0.5) is 22.1 Å². The van der Waals surface area contributed by atoms with Crippen LogP contribution < -0.4 is 16.0 Å². The molecule has 3 heterocycles. The Hall–Kier alpha value is -3.46. The number of anilines is 3. The average molecular weight is 490 g/mol. The summed E-state index contributed by atoms with van der Waals surface area (Å²) in [5, 5.41) is 9.19. The van der Waals surface area contributed by atoms with Crippen molar-refractivity contribution in [1.82, 2.24) is 25.1 Å². The second-order valence-electron chi connectivity index (χ2n) is 10.1. The summed E-state index contributed by atoms with van der Waals surface area (Å²) in [7, 11) is 0.